The van der Waals surface area contributed by atoms with Crippen molar-refractivity contribution >= 4 is 17.3 Å². The van der Waals surface area contributed by atoms with E-state index < -0.39 is 0 Å². The number of hydrogen-bond acceptors (Lipinski definition) is 5. The smallest absolute Gasteiger partial charge is 0.259 e. The van der Waals surface area contributed by atoms with Crippen LogP contribution >= 0.6 is 0 Å². The fourth-order valence-corrected chi connectivity index (χ4v) is 3.23. The van der Waals surface area contributed by atoms with E-state index in [0.717, 1.165) is 31.9 Å². The normalized spacial score (nSPS) is 15.3. The fourth-order valence-electron chi connectivity index (χ4n) is 3.23. The summed E-state index contributed by atoms with van der Waals surface area (Å²) in [5.41, 5.74) is 3.93. The van der Waals surface area contributed by atoms with E-state index in [1.165, 1.54) is 5.69 Å². The molecule has 1 aliphatic rings. The Morgan fingerprint density at radius 1 is 0.960 bits per heavy atom. The highest BCUT2D eigenvalue weighted by atomic mass is 16.1. The Bertz CT molecular complexity index is 741. The van der Waals surface area contributed by atoms with Crippen molar-refractivity contribution in [3.8, 4) is 0 Å². The SMILES string of the molecule is Cc1nc(C)c(C(=O)Nc2ccc(N3CCN(C)CC3)cc2)c(C)n1. The Morgan fingerprint density at radius 2 is 1.52 bits per heavy atom. The maximum Gasteiger partial charge on any atom is 0.259 e. The van der Waals surface area contributed by atoms with Crippen molar-refractivity contribution in [3.63, 3.8) is 0 Å². The number of hydrogen-bond donors (Lipinski definition) is 1. The molecule has 1 aliphatic heterocycles. The quantitative estimate of drug-likeness (QED) is 0.930. The van der Waals surface area contributed by atoms with Crippen molar-refractivity contribution < 1.29 is 4.79 Å². The number of likely N-dealkylation sites (N-methyl/N-ethyl adjacent to an activating group) is 1. The molecule has 0 aliphatic carbocycles. The van der Waals surface area contributed by atoms with Crippen molar-refractivity contribution in [2.45, 2.75) is 20.8 Å². The predicted molar refractivity (Wildman–Crippen MR) is 100 cm³/mol. The second kappa shape index (κ2) is 7.19. The summed E-state index contributed by atoms with van der Waals surface area (Å²) in [6.45, 7) is 9.72. The molecule has 25 heavy (non-hydrogen) atoms. The largest absolute Gasteiger partial charge is 0.369 e. The van der Waals surface area contributed by atoms with Crippen LogP contribution in [0.2, 0.25) is 0 Å². The van der Waals surface area contributed by atoms with E-state index >= 15 is 0 Å². The maximum atomic E-state index is 12.6. The van der Waals surface area contributed by atoms with Crippen molar-refractivity contribution in [3.05, 3.63) is 47.0 Å². The second-order valence-electron chi connectivity index (χ2n) is 6.61. The van der Waals surface area contributed by atoms with Crippen LogP contribution in [0.1, 0.15) is 27.6 Å². The number of anilines is 2. The lowest BCUT2D eigenvalue weighted by Crippen LogP contribution is -2.44. The Balaban J connectivity index is 1.70. The van der Waals surface area contributed by atoms with Crippen molar-refractivity contribution in [1.82, 2.24) is 14.9 Å². The molecule has 1 amide bonds. The molecule has 0 bridgehead atoms. The summed E-state index contributed by atoms with van der Waals surface area (Å²) in [5, 5.41) is 2.95. The van der Waals surface area contributed by atoms with Gasteiger partial charge in [0.05, 0.1) is 17.0 Å². The van der Waals surface area contributed by atoms with Gasteiger partial charge in [-0.1, -0.05) is 0 Å². The van der Waals surface area contributed by atoms with Gasteiger partial charge in [-0.2, -0.15) is 0 Å². The number of piperazine rings is 1. The first kappa shape index (κ1) is 17.4. The molecule has 0 unspecified atom stereocenters. The summed E-state index contributed by atoms with van der Waals surface area (Å²) in [4.78, 5) is 25.9. The van der Waals surface area contributed by atoms with Gasteiger partial charge < -0.3 is 15.1 Å². The van der Waals surface area contributed by atoms with E-state index in [2.05, 4.69) is 44.3 Å². The monoisotopic (exact) mass is 339 g/mol. The maximum absolute atomic E-state index is 12.6. The highest BCUT2D eigenvalue weighted by Gasteiger charge is 2.16. The van der Waals surface area contributed by atoms with Crippen LogP contribution in [0.25, 0.3) is 0 Å². The number of benzene rings is 1. The van der Waals surface area contributed by atoms with E-state index in [0.29, 0.717) is 22.8 Å². The molecular weight excluding hydrogens is 314 g/mol. The zero-order valence-corrected chi connectivity index (χ0v) is 15.3. The molecule has 2 aromatic rings. The molecule has 1 N–H and O–H groups in total. The van der Waals surface area contributed by atoms with Crippen LogP contribution in [-0.2, 0) is 0 Å². The number of rotatable bonds is 3. The molecule has 0 saturated carbocycles. The minimum atomic E-state index is -0.164. The van der Waals surface area contributed by atoms with Gasteiger partial charge in [-0.3, -0.25) is 4.79 Å². The summed E-state index contributed by atoms with van der Waals surface area (Å²) in [7, 11) is 2.15. The van der Waals surface area contributed by atoms with Crippen molar-refractivity contribution in [1.29, 1.82) is 0 Å². The third kappa shape index (κ3) is 3.96. The van der Waals surface area contributed by atoms with E-state index in [1.54, 1.807) is 0 Å². The molecule has 2 heterocycles. The van der Waals surface area contributed by atoms with Crippen LogP contribution in [0.5, 0.6) is 0 Å². The third-order valence-corrected chi connectivity index (χ3v) is 4.60. The molecule has 132 valence electrons. The van der Waals surface area contributed by atoms with Crippen molar-refractivity contribution in [2.75, 3.05) is 43.4 Å². The fraction of sp³-hybridized carbons (Fsp3) is 0.421. The summed E-state index contributed by atoms with van der Waals surface area (Å²) >= 11 is 0. The predicted octanol–water partition coefficient (Wildman–Crippen LogP) is 2.41. The Labute approximate surface area is 148 Å². The molecule has 1 fully saturated rings. The molecule has 3 rings (SSSR count). The summed E-state index contributed by atoms with van der Waals surface area (Å²) in [6, 6.07) is 8.02. The lowest BCUT2D eigenvalue weighted by atomic mass is 10.1. The van der Waals surface area contributed by atoms with Crippen LogP contribution in [-0.4, -0.2) is 54.0 Å². The van der Waals surface area contributed by atoms with Crippen LogP contribution in [0, 0.1) is 20.8 Å². The molecular formula is C19H25N5O. The van der Waals surface area contributed by atoms with Gasteiger partial charge in [0, 0.05) is 37.6 Å². The van der Waals surface area contributed by atoms with Crippen LogP contribution in [0.15, 0.2) is 24.3 Å². The van der Waals surface area contributed by atoms with Gasteiger partial charge in [0.15, 0.2) is 0 Å². The van der Waals surface area contributed by atoms with Gasteiger partial charge in [-0.15, -0.1) is 0 Å². The number of carbonyl (C=O) groups excluding carboxylic acids is 1. The molecule has 0 atom stereocenters. The average Bonchev–Trinajstić information content (AvgIpc) is 2.55. The first-order valence-electron chi connectivity index (χ1n) is 8.61. The minimum Gasteiger partial charge on any atom is -0.369 e. The summed E-state index contributed by atoms with van der Waals surface area (Å²) < 4.78 is 0. The number of carbonyl (C=O) groups is 1. The van der Waals surface area contributed by atoms with Gasteiger partial charge in [0.1, 0.15) is 5.82 Å². The zero-order chi connectivity index (χ0) is 18.0. The standard InChI is InChI=1S/C19H25N5O/c1-13-18(14(2)21-15(3)20-13)19(25)22-16-5-7-17(8-6-16)24-11-9-23(4)10-12-24/h5-8H,9-12H2,1-4H3,(H,22,25). The third-order valence-electron chi connectivity index (χ3n) is 4.60. The van der Waals surface area contributed by atoms with E-state index in [4.69, 9.17) is 0 Å². The van der Waals surface area contributed by atoms with Gasteiger partial charge in [-0.05, 0) is 52.1 Å². The van der Waals surface area contributed by atoms with E-state index in [-0.39, 0.29) is 5.91 Å². The van der Waals surface area contributed by atoms with Gasteiger partial charge in [0.25, 0.3) is 5.91 Å². The lowest BCUT2D eigenvalue weighted by Gasteiger charge is -2.34. The van der Waals surface area contributed by atoms with Gasteiger partial charge in [-0.25, -0.2) is 9.97 Å². The second-order valence-corrected chi connectivity index (χ2v) is 6.61. The number of aromatic nitrogens is 2. The number of nitrogens with one attached hydrogen (secondary N) is 1. The van der Waals surface area contributed by atoms with E-state index in [9.17, 15) is 4.79 Å². The van der Waals surface area contributed by atoms with Gasteiger partial charge >= 0.3 is 0 Å². The molecule has 0 radical (unpaired) electrons. The van der Waals surface area contributed by atoms with Gasteiger partial charge in [0.2, 0.25) is 0 Å². The lowest BCUT2D eigenvalue weighted by molar-refractivity contribution is 0.102. The number of aryl methyl sites for hydroxylation is 3. The molecule has 0 spiro atoms. The highest BCUT2D eigenvalue weighted by molar-refractivity contribution is 6.05. The molecule has 6 heteroatoms. The topological polar surface area (TPSA) is 61.4 Å². The molecule has 1 aromatic carbocycles. The molecule has 6 nitrogen and oxygen atoms in total. The van der Waals surface area contributed by atoms with Crippen LogP contribution in [0.4, 0.5) is 11.4 Å². The first-order valence-corrected chi connectivity index (χ1v) is 8.61. The average molecular weight is 339 g/mol. The highest BCUT2D eigenvalue weighted by Crippen LogP contribution is 2.20. The summed E-state index contributed by atoms with van der Waals surface area (Å²) in [5.74, 6) is 0.519. The first-order chi connectivity index (χ1) is 11.9. The Morgan fingerprint density at radius 3 is 2.08 bits per heavy atom. The van der Waals surface area contributed by atoms with Crippen LogP contribution in [0.3, 0.4) is 0 Å². The summed E-state index contributed by atoms with van der Waals surface area (Å²) in [6.07, 6.45) is 0. The number of nitrogens with zero attached hydrogens (tertiary/aromatic N) is 4. The zero-order valence-electron chi connectivity index (χ0n) is 15.3. The minimum absolute atomic E-state index is 0.164. The Kier molecular flexibility index (Phi) is 4.99. The molecule has 1 aromatic heterocycles. The molecule has 1 saturated heterocycles. The van der Waals surface area contributed by atoms with Crippen LogP contribution < -0.4 is 10.2 Å². The Hall–Kier alpha value is -2.47. The van der Waals surface area contributed by atoms with Crippen molar-refractivity contribution in [2.24, 2.45) is 0 Å². The number of amides is 1. The van der Waals surface area contributed by atoms with E-state index in [1.807, 2.05) is 32.9 Å².